The van der Waals surface area contributed by atoms with Gasteiger partial charge in [-0.25, -0.2) is 0 Å². The second kappa shape index (κ2) is 13.8. The van der Waals surface area contributed by atoms with Gasteiger partial charge in [0.05, 0.1) is 72.3 Å². The molecule has 0 radical (unpaired) electrons. The summed E-state index contributed by atoms with van der Waals surface area (Å²) in [5.74, 6) is 2.37. The lowest BCUT2D eigenvalue weighted by atomic mass is 10.2. The van der Waals surface area contributed by atoms with Crippen molar-refractivity contribution >= 4 is 11.4 Å². The third-order valence-corrected chi connectivity index (χ3v) is 5.55. The monoisotopic (exact) mass is 460 g/mol. The average molecular weight is 461 g/mol. The van der Waals surface area contributed by atoms with Crippen molar-refractivity contribution in [3.05, 3.63) is 42.5 Å². The van der Waals surface area contributed by atoms with Crippen LogP contribution in [0.4, 0.5) is 11.4 Å². The van der Waals surface area contributed by atoms with Crippen LogP contribution in [0.5, 0.6) is 17.2 Å². The molecule has 182 valence electrons. The number of benzene rings is 2. The van der Waals surface area contributed by atoms with E-state index in [1.807, 2.05) is 36.4 Å². The van der Waals surface area contributed by atoms with Gasteiger partial charge in [0, 0.05) is 32.2 Å². The number of ether oxygens (including phenoxy) is 6. The average Bonchev–Trinajstić information content (AvgIpc) is 2.87. The summed E-state index contributed by atoms with van der Waals surface area (Å²) < 4.78 is 34.2. The van der Waals surface area contributed by atoms with Gasteiger partial charge in [0.2, 0.25) is 0 Å². The number of anilines is 2. The predicted octanol–water partition coefficient (Wildman–Crippen LogP) is 3.09. The van der Waals surface area contributed by atoms with E-state index >= 15 is 0 Å². The SMILES string of the molecule is COc1ccc(N2CCOCCOCCN(c3ccccc3OC)CCOCC2)c(OC)c1. The van der Waals surface area contributed by atoms with E-state index in [1.165, 1.54) is 0 Å². The van der Waals surface area contributed by atoms with Crippen LogP contribution >= 0.6 is 0 Å². The molecule has 0 unspecified atom stereocenters. The van der Waals surface area contributed by atoms with Gasteiger partial charge in [-0.15, -0.1) is 0 Å². The van der Waals surface area contributed by atoms with Crippen LogP contribution in [0, 0.1) is 0 Å². The molecule has 0 amide bonds. The van der Waals surface area contributed by atoms with Crippen molar-refractivity contribution in [2.45, 2.75) is 0 Å². The van der Waals surface area contributed by atoms with Crippen LogP contribution in [-0.4, -0.2) is 87.1 Å². The largest absolute Gasteiger partial charge is 0.497 e. The highest BCUT2D eigenvalue weighted by Gasteiger charge is 2.15. The Kier molecular flexibility index (Phi) is 10.4. The third-order valence-electron chi connectivity index (χ3n) is 5.55. The van der Waals surface area contributed by atoms with Crippen molar-refractivity contribution in [1.29, 1.82) is 0 Å². The number of nitrogens with zero attached hydrogens (tertiary/aromatic N) is 2. The first kappa shape index (κ1) is 25.0. The van der Waals surface area contributed by atoms with E-state index in [-0.39, 0.29) is 0 Å². The zero-order valence-electron chi connectivity index (χ0n) is 20.0. The van der Waals surface area contributed by atoms with Crippen molar-refractivity contribution in [3.8, 4) is 17.2 Å². The smallest absolute Gasteiger partial charge is 0.145 e. The molecule has 8 nitrogen and oxygen atoms in total. The van der Waals surface area contributed by atoms with Gasteiger partial charge in [0.25, 0.3) is 0 Å². The van der Waals surface area contributed by atoms with Gasteiger partial charge < -0.3 is 38.2 Å². The van der Waals surface area contributed by atoms with E-state index in [1.54, 1.807) is 21.3 Å². The molecule has 3 rings (SSSR count). The standard InChI is InChI=1S/C25H36N2O6/c1-28-21-8-9-23(25(20-21)30-3)27-11-15-31-14-10-26(12-16-32-18-19-33-17-13-27)22-6-4-5-7-24(22)29-2/h4-9,20H,10-19H2,1-3H3. The molecule has 0 bridgehead atoms. The minimum Gasteiger partial charge on any atom is -0.497 e. The summed E-state index contributed by atoms with van der Waals surface area (Å²) >= 11 is 0. The molecule has 1 heterocycles. The van der Waals surface area contributed by atoms with Crippen LogP contribution in [0.2, 0.25) is 0 Å². The molecule has 1 aliphatic rings. The molecular formula is C25H36N2O6. The summed E-state index contributed by atoms with van der Waals surface area (Å²) in [5, 5.41) is 0. The van der Waals surface area contributed by atoms with E-state index in [0.29, 0.717) is 39.6 Å². The topological polar surface area (TPSA) is 61.9 Å². The summed E-state index contributed by atoms with van der Waals surface area (Å²) in [5.41, 5.74) is 2.03. The molecule has 1 fully saturated rings. The second-order valence-corrected chi connectivity index (χ2v) is 7.52. The molecule has 0 aromatic heterocycles. The molecular weight excluding hydrogens is 424 g/mol. The quantitative estimate of drug-likeness (QED) is 0.675. The highest BCUT2D eigenvalue weighted by atomic mass is 16.5. The Hall–Kier alpha value is -2.68. The molecule has 0 aliphatic carbocycles. The van der Waals surface area contributed by atoms with E-state index in [9.17, 15) is 0 Å². The minimum atomic E-state index is 0.554. The number of para-hydroxylation sites is 2. The number of hydrogen-bond acceptors (Lipinski definition) is 8. The zero-order valence-corrected chi connectivity index (χ0v) is 20.0. The Balaban J connectivity index is 1.67. The van der Waals surface area contributed by atoms with Crippen molar-refractivity contribution < 1.29 is 28.4 Å². The van der Waals surface area contributed by atoms with Gasteiger partial charge in [0.1, 0.15) is 17.2 Å². The van der Waals surface area contributed by atoms with Crippen LogP contribution in [0.1, 0.15) is 0 Å². The van der Waals surface area contributed by atoms with Crippen LogP contribution in [0.15, 0.2) is 42.5 Å². The van der Waals surface area contributed by atoms with Gasteiger partial charge >= 0.3 is 0 Å². The summed E-state index contributed by atoms with van der Waals surface area (Å²) in [4.78, 5) is 4.46. The molecule has 0 spiro atoms. The van der Waals surface area contributed by atoms with E-state index < -0.39 is 0 Å². The minimum absolute atomic E-state index is 0.554. The summed E-state index contributed by atoms with van der Waals surface area (Å²) in [6, 6.07) is 13.9. The fourth-order valence-corrected chi connectivity index (χ4v) is 3.77. The Morgan fingerprint density at radius 2 is 1.09 bits per heavy atom. The highest BCUT2D eigenvalue weighted by molar-refractivity contribution is 5.61. The Morgan fingerprint density at radius 3 is 1.64 bits per heavy atom. The van der Waals surface area contributed by atoms with E-state index in [0.717, 1.165) is 54.8 Å². The van der Waals surface area contributed by atoms with Crippen molar-refractivity contribution in [1.82, 2.24) is 0 Å². The first-order valence-corrected chi connectivity index (χ1v) is 11.3. The maximum atomic E-state index is 6.03. The molecule has 33 heavy (non-hydrogen) atoms. The Morgan fingerprint density at radius 1 is 0.576 bits per heavy atom. The Bertz CT molecular complexity index is 834. The fraction of sp³-hybridized carbons (Fsp3) is 0.520. The van der Waals surface area contributed by atoms with Gasteiger partial charge in [0.15, 0.2) is 0 Å². The molecule has 1 saturated heterocycles. The number of hydrogen-bond donors (Lipinski definition) is 0. The van der Waals surface area contributed by atoms with E-state index in [4.69, 9.17) is 28.4 Å². The summed E-state index contributed by atoms with van der Waals surface area (Å²) in [6.07, 6.45) is 0. The van der Waals surface area contributed by atoms with Crippen molar-refractivity contribution in [3.63, 3.8) is 0 Å². The van der Waals surface area contributed by atoms with E-state index in [2.05, 4.69) is 15.9 Å². The number of methoxy groups -OCH3 is 3. The third kappa shape index (κ3) is 7.42. The maximum Gasteiger partial charge on any atom is 0.145 e. The van der Waals surface area contributed by atoms with Crippen molar-refractivity contribution in [2.24, 2.45) is 0 Å². The van der Waals surface area contributed by atoms with Crippen LogP contribution < -0.4 is 24.0 Å². The van der Waals surface area contributed by atoms with Gasteiger partial charge in [-0.05, 0) is 24.3 Å². The number of rotatable bonds is 5. The lowest BCUT2D eigenvalue weighted by molar-refractivity contribution is 0.0530. The molecule has 2 aromatic rings. The van der Waals surface area contributed by atoms with Crippen LogP contribution in [-0.2, 0) is 14.2 Å². The lowest BCUT2D eigenvalue weighted by Crippen LogP contribution is -2.33. The lowest BCUT2D eigenvalue weighted by Gasteiger charge is -2.27. The normalized spacial score (nSPS) is 17.1. The summed E-state index contributed by atoms with van der Waals surface area (Å²) in [6.45, 7) is 6.43. The predicted molar refractivity (Wildman–Crippen MR) is 129 cm³/mol. The maximum absolute atomic E-state index is 6.03. The molecule has 0 saturated carbocycles. The first-order valence-electron chi connectivity index (χ1n) is 11.3. The van der Waals surface area contributed by atoms with Crippen LogP contribution in [0.3, 0.4) is 0 Å². The van der Waals surface area contributed by atoms with Gasteiger partial charge in [-0.1, -0.05) is 12.1 Å². The highest BCUT2D eigenvalue weighted by Crippen LogP contribution is 2.32. The first-order chi connectivity index (χ1) is 16.3. The van der Waals surface area contributed by atoms with Crippen LogP contribution in [0.25, 0.3) is 0 Å². The van der Waals surface area contributed by atoms with Crippen molar-refractivity contribution in [2.75, 3.05) is 96.9 Å². The molecule has 0 atom stereocenters. The molecule has 1 aliphatic heterocycles. The van der Waals surface area contributed by atoms with Gasteiger partial charge in [-0.2, -0.15) is 0 Å². The molecule has 0 N–H and O–H groups in total. The summed E-state index contributed by atoms with van der Waals surface area (Å²) in [7, 11) is 5.01. The zero-order chi connectivity index (χ0) is 23.3. The fourth-order valence-electron chi connectivity index (χ4n) is 3.77. The second-order valence-electron chi connectivity index (χ2n) is 7.52. The molecule has 2 aromatic carbocycles. The molecule has 8 heteroatoms. The van der Waals surface area contributed by atoms with Gasteiger partial charge in [-0.3, -0.25) is 0 Å². The Labute approximate surface area is 196 Å².